The lowest BCUT2D eigenvalue weighted by Gasteiger charge is -2.20. The normalized spacial score (nSPS) is 21.6. The fourth-order valence-electron chi connectivity index (χ4n) is 4.68. The average molecular weight is 399 g/mol. The van der Waals surface area contributed by atoms with Crippen molar-refractivity contribution in [1.29, 1.82) is 5.26 Å². The average Bonchev–Trinajstić information content (AvgIpc) is 3.36. The fraction of sp³-hybridized carbons (Fsp3) is 0.417. The molecule has 2 fully saturated rings. The van der Waals surface area contributed by atoms with E-state index in [4.69, 9.17) is 15.0 Å². The maximum Gasteiger partial charge on any atom is 0.159 e. The Morgan fingerprint density at radius 2 is 2.00 bits per heavy atom. The highest BCUT2D eigenvalue weighted by Gasteiger charge is 2.45. The zero-order chi connectivity index (χ0) is 21.0. The summed E-state index contributed by atoms with van der Waals surface area (Å²) in [6.45, 7) is 8.26. The molecule has 5 rings (SSSR count). The minimum atomic E-state index is -0.0999. The molecule has 6 heteroatoms. The van der Waals surface area contributed by atoms with Gasteiger partial charge in [-0.15, -0.1) is 0 Å². The number of nitrogens with zero attached hydrogens (tertiary/aromatic N) is 6. The minimum absolute atomic E-state index is 0.0999. The maximum absolute atomic E-state index is 9.37. The molecule has 152 valence electrons. The summed E-state index contributed by atoms with van der Waals surface area (Å²) in [5, 5.41) is 10.4. The highest BCUT2D eigenvalue weighted by Crippen LogP contribution is 2.46. The summed E-state index contributed by atoms with van der Waals surface area (Å²) in [5.74, 6) is 3.63. The number of fused-ring (bicyclic) bond motifs is 2. The molecule has 6 nitrogen and oxygen atoms in total. The molecule has 2 unspecified atom stereocenters. The van der Waals surface area contributed by atoms with Crippen LogP contribution in [0.2, 0.25) is 0 Å². The standard InChI is InChI=1S/C24H26N6/c1-14-17(10-25)6-5-7-20(14)15(2)27-24-21-9-23(30-12-18-8-19(18)13-30)26-11-22(21)29(4)16(3)28-24/h5-7,9,11,15,18-19H,8,12-13H2,1-4H3/b27-24-/t15-,18?,19?/m1/s1. The van der Waals surface area contributed by atoms with Crippen LogP contribution in [0.5, 0.6) is 0 Å². The van der Waals surface area contributed by atoms with Gasteiger partial charge in [0.2, 0.25) is 0 Å². The van der Waals surface area contributed by atoms with Crippen molar-refractivity contribution in [2.24, 2.45) is 23.9 Å². The van der Waals surface area contributed by atoms with E-state index < -0.39 is 0 Å². The lowest BCUT2D eigenvalue weighted by molar-refractivity contribution is 0.753. The Morgan fingerprint density at radius 3 is 2.73 bits per heavy atom. The van der Waals surface area contributed by atoms with Gasteiger partial charge in [0, 0.05) is 25.5 Å². The molecule has 3 aromatic rings. The van der Waals surface area contributed by atoms with Gasteiger partial charge < -0.3 is 9.47 Å². The quantitative estimate of drug-likeness (QED) is 0.676. The summed E-state index contributed by atoms with van der Waals surface area (Å²) in [6, 6.07) is 10.1. The monoisotopic (exact) mass is 398 g/mol. The molecule has 0 amide bonds. The molecule has 0 spiro atoms. The van der Waals surface area contributed by atoms with Crippen molar-refractivity contribution in [2.45, 2.75) is 33.2 Å². The third kappa shape index (κ3) is 3.06. The summed E-state index contributed by atoms with van der Waals surface area (Å²) in [6.07, 6.45) is 3.33. The molecule has 3 heterocycles. The summed E-state index contributed by atoms with van der Waals surface area (Å²) >= 11 is 0. The van der Waals surface area contributed by atoms with E-state index in [9.17, 15) is 5.26 Å². The molecule has 2 aliphatic rings. The number of piperidine rings is 1. The van der Waals surface area contributed by atoms with E-state index in [0.29, 0.717) is 5.56 Å². The van der Waals surface area contributed by atoms with Crippen LogP contribution in [0.25, 0.3) is 10.9 Å². The zero-order valence-electron chi connectivity index (χ0n) is 17.9. The second kappa shape index (κ2) is 6.94. The number of hydrogen-bond acceptors (Lipinski definition) is 5. The van der Waals surface area contributed by atoms with Gasteiger partial charge in [-0.25, -0.2) is 9.97 Å². The molecule has 2 aromatic heterocycles. The smallest absolute Gasteiger partial charge is 0.159 e. The SMILES string of the molecule is Cc1c(C#N)cccc1[C@@H](C)/N=c1\nc(C)n(C)c2cnc(N3CC4CC4C3)cc12. The Kier molecular flexibility index (Phi) is 4.35. The predicted molar refractivity (Wildman–Crippen MR) is 117 cm³/mol. The van der Waals surface area contributed by atoms with Gasteiger partial charge in [-0.2, -0.15) is 5.26 Å². The van der Waals surface area contributed by atoms with Gasteiger partial charge in [-0.1, -0.05) is 12.1 Å². The van der Waals surface area contributed by atoms with Crippen LogP contribution in [0, 0.1) is 37.0 Å². The van der Waals surface area contributed by atoms with E-state index in [0.717, 1.165) is 64.1 Å². The van der Waals surface area contributed by atoms with Crippen LogP contribution in [-0.4, -0.2) is 27.6 Å². The van der Waals surface area contributed by atoms with Crippen molar-refractivity contribution in [3.63, 3.8) is 0 Å². The second-order valence-corrected chi connectivity index (χ2v) is 8.70. The first-order chi connectivity index (χ1) is 14.5. The minimum Gasteiger partial charge on any atom is -0.356 e. The topological polar surface area (TPSA) is 70.1 Å². The number of pyridine rings is 1. The van der Waals surface area contributed by atoms with Crippen LogP contribution in [0.15, 0.2) is 35.5 Å². The first-order valence-corrected chi connectivity index (χ1v) is 10.6. The van der Waals surface area contributed by atoms with Crippen molar-refractivity contribution in [1.82, 2.24) is 14.5 Å². The lowest BCUT2D eigenvalue weighted by Crippen LogP contribution is -2.24. The maximum atomic E-state index is 9.37. The predicted octanol–water partition coefficient (Wildman–Crippen LogP) is 3.57. The van der Waals surface area contributed by atoms with Gasteiger partial charge in [-0.05, 0) is 62.3 Å². The Labute approximate surface area is 176 Å². The summed E-state index contributed by atoms with van der Waals surface area (Å²) in [7, 11) is 2.02. The highest BCUT2D eigenvalue weighted by atomic mass is 15.2. The van der Waals surface area contributed by atoms with Crippen LogP contribution in [0.3, 0.4) is 0 Å². The van der Waals surface area contributed by atoms with Crippen LogP contribution in [-0.2, 0) is 7.05 Å². The molecule has 0 bridgehead atoms. The second-order valence-electron chi connectivity index (χ2n) is 8.70. The Morgan fingerprint density at radius 1 is 1.23 bits per heavy atom. The molecule has 1 aliphatic carbocycles. The van der Waals surface area contributed by atoms with Gasteiger partial charge in [0.05, 0.1) is 29.4 Å². The van der Waals surface area contributed by atoms with E-state index in [1.54, 1.807) is 0 Å². The molecule has 1 saturated heterocycles. The summed E-state index contributed by atoms with van der Waals surface area (Å²) < 4.78 is 2.07. The Bertz CT molecular complexity index is 1260. The number of anilines is 1. The van der Waals surface area contributed by atoms with Crippen molar-refractivity contribution < 1.29 is 0 Å². The molecule has 1 saturated carbocycles. The molecule has 0 radical (unpaired) electrons. The third-order valence-corrected chi connectivity index (χ3v) is 6.79. The zero-order valence-corrected chi connectivity index (χ0v) is 17.9. The fourth-order valence-corrected chi connectivity index (χ4v) is 4.68. The number of rotatable bonds is 3. The van der Waals surface area contributed by atoms with Gasteiger partial charge >= 0.3 is 0 Å². The van der Waals surface area contributed by atoms with E-state index in [-0.39, 0.29) is 6.04 Å². The van der Waals surface area contributed by atoms with Crippen LogP contribution >= 0.6 is 0 Å². The molecule has 30 heavy (non-hydrogen) atoms. The molecular formula is C24H26N6. The van der Waals surface area contributed by atoms with E-state index in [2.05, 4.69) is 28.5 Å². The van der Waals surface area contributed by atoms with Gasteiger partial charge in [-0.3, -0.25) is 4.99 Å². The van der Waals surface area contributed by atoms with Crippen molar-refractivity contribution in [3.05, 3.63) is 58.5 Å². The Hall–Kier alpha value is -3.20. The summed E-state index contributed by atoms with van der Waals surface area (Å²) in [4.78, 5) is 17.0. The van der Waals surface area contributed by atoms with Crippen molar-refractivity contribution in [3.8, 4) is 6.07 Å². The van der Waals surface area contributed by atoms with Gasteiger partial charge in [0.15, 0.2) is 5.49 Å². The van der Waals surface area contributed by atoms with Crippen LogP contribution in [0.4, 0.5) is 5.82 Å². The molecular weight excluding hydrogens is 372 g/mol. The molecule has 1 aliphatic heterocycles. The number of hydrogen-bond donors (Lipinski definition) is 0. The van der Waals surface area contributed by atoms with Gasteiger partial charge in [0.1, 0.15) is 11.6 Å². The number of aromatic nitrogens is 3. The van der Waals surface area contributed by atoms with E-state index in [1.807, 2.05) is 45.3 Å². The lowest BCUT2D eigenvalue weighted by atomic mass is 9.98. The molecule has 3 atom stereocenters. The largest absolute Gasteiger partial charge is 0.356 e. The first kappa shape index (κ1) is 18.8. The third-order valence-electron chi connectivity index (χ3n) is 6.79. The molecule has 1 aromatic carbocycles. The van der Waals surface area contributed by atoms with Gasteiger partial charge in [0.25, 0.3) is 0 Å². The summed E-state index contributed by atoms with van der Waals surface area (Å²) in [5.41, 5.74) is 4.51. The number of aryl methyl sites for hydroxylation is 2. The van der Waals surface area contributed by atoms with E-state index >= 15 is 0 Å². The van der Waals surface area contributed by atoms with Crippen molar-refractivity contribution >= 4 is 16.7 Å². The molecule has 0 N–H and O–H groups in total. The highest BCUT2D eigenvalue weighted by molar-refractivity contribution is 5.80. The van der Waals surface area contributed by atoms with Crippen molar-refractivity contribution in [2.75, 3.05) is 18.0 Å². The van der Waals surface area contributed by atoms with E-state index in [1.165, 1.54) is 6.42 Å². The van der Waals surface area contributed by atoms with Crippen LogP contribution in [0.1, 0.15) is 41.9 Å². The first-order valence-electron chi connectivity index (χ1n) is 10.6. The number of benzene rings is 1. The van der Waals surface area contributed by atoms with Crippen LogP contribution < -0.4 is 10.4 Å². The Balaban J connectivity index is 1.64. The number of nitriles is 1.